The zero-order chi connectivity index (χ0) is 18.5. The molecule has 0 aliphatic carbocycles. The Morgan fingerprint density at radius 1 is 0.429 bits per heavy atom. The van der Waals surface area contributed by atoms with Crippen LogP contribution in [0.15, 0.2) is 104 Å². The minimum atomic E-state index is 0.747. The molecule has 0 aliphatic rings. The van der Waals surface area contributed by atoms with E-state index in [1.807, 2.05) is 72.8 Å². The highest BCUT2D eigenvalue weighted by molar-refractivity contribution is 6.06. The monoisotopic (exact) mass is 362 g/mol. The Hall–Kier alpha value is -3.92. The normalized spacial score (nSPS) is 12.1. The molecule has 0 aliphatic heterocycles. The molecular weight excluding hydrogens is 348 g/mol. The number of hydrogen-bond donors (Lipinski definition) is 0. The number of para-hydroxylation sites is 2. The van der Waals surface area contributed by atoms with Crippen LogP contribution in [0.4, 0.5) is 11.4 Å². The van der Waals surface area contributed by atoms with Crippen molar-refractivity contribution in [2.45, 2.75) is 0 Å². The summed E-state index contributed by atoms with van der Waals surface area (Å²) in [5.41, 5.74) is 4.87. The summed E-state index contributed by atoms with van der Waals surface area (Å²) in [4.78, 5) is 0. The molecule has 0 radical (unpaired) electrons. The topological polar surface area (TPSA) is 51.0 Å². The van der Waals surface area contributed by atoms with Crippen LogP contribution in [0, 0.1) is 0 Å². The molecular formula is C24H14N2O2. The first-order chi connectivity index (χ1) is 13.8. The fourth-order valence-corrected chi connectivity index (χ4v) is 3.67. The maximum atomic E-state index is 5.92. The highest BCUT2D eigenvalue weighted by atomic mass is 16.3. The van der Waals surface area contributed by atoms with Gasteiger partial charge >= 0.3 is 0 Å². The molecule has 0 fully saturated rings. The van der Waals surface area contributed by atoms with Gasteiger partial charge in [-0.15, -0.1) is 0 Å². The molecule has 0 spiro atoms. The Kier molecular flexibility index (Phi) is 3.14. The van der Waals surface area contributed by atoms with Gasteiger partial charge in [-0.3, -0.25) is 0 Å². The van der Waals surface area contributed by atoms with Crippen LogP contribution in [0.3, 0.4) is 0 Å². The van der Waals surface area contributed by atoms with E-state index in [4.69, 9.17) is 8.83 Å². The first kappa shape index (κ1) is 15.2. The number of rotatable bonds is 2. The molecule has 0 saturated heterocycles. The second-order valence-electron chi connectivity index (χ2n) is 6.76. The third kappa shape index (κ3) is 2.32. The van der Waals surface area contributed by atoms with E-state index < -0.39 is 0 Å². The lowest BCUT2D eigenvalue weighted by atomic mass is 10.1. The van der Waals surface area contributed by atoms with E-state index in [-0.39, 0.29) is 0 Å². The number of fused-ring (bicyclic) bond motifs is 6. The van der Waals surface area contributed by atoms with Gasteiger partial charge in [0.25, 0.3) is 0 Å². The molecule has 28 heavy (non-hydrogen) atoms. The van der Waals surface area contributed by atoms with E-state index in [1.54, 1.807) is 0 Å². The van der Waals surface area contributed by atoms with Crippen molar-refractivity contribution in [3.63, 3.8) is 0 Å². The third-order valence-corrected chi connectivity index (χ3v) is 5.01. The standard InChI is InChI=1S/C24H14N2O2/c1-3-7-21-17(5-1)19-11-9-15(13-23(19)27-21)25-26-16-10-12-20-18-6-2-4-8-22(18)28-24(20)14-16/h1-14H. The van der Waals surface area contributed by atoms with Gasteiger partial charge in [0.15, 0.2) is 0 Å². The molecule has 6 aromatic rings. The van der Waals surface area contributed by atoms with Crippen molar-refractivity contribution in [1.82, 2.24) is 0 Å². The van der Waals surface area contributed by atoms with Crippen molar-refractivity contribution in [2.24, 2.45) is 10.2 Å². The van der Waals surface area contributed by atoms with Crippen LogP contribution in [0.5, 0.6) is 0 Å². The minimum Gasteiger partial charge on any atom is -0.456 e. The zero-order valence-corrected chi connectivity index (χ0v) is 14.8. The first-order valence-corrected chi connectivity index (χ1v) is 9.09. The van der Waals surface area contributed by atoms with Crippen molar-refractivity contribution in [2.75, 3.05) is 0 Å². The van der Waals surface area contributed by atoms with Crippen molar-refractivity contribution >= 4 is 55.3 Å². The second-order valence-corrected chi connectivity index (χ2v) is 6.76. The molecule has 0 unspecified atom stereocenters. The molecule has 4 aromatic carbocycles. The van der Waals surface area contributed by atoms with Crippen LogP contribution >= 0.6 is 0 Å². The molecule has 4 nitrogen and oxygen atoms in total. The summed E-state index contributed by atoms with van der Waals surface area (Å²) in [6.07, 6.45) is 0. The molecule has 0 N–H and O–H groups in total. The quantitative estimate of drug-likeness (QED) is 0.294. The third-order valence-electron chi connectivity index (χ3n) is 5.01. The second kappa shape index (κ2) is 5.79. The van der Waals surface area contributed by atoms with Crippen molar-refractivity contribution < 1.29 is 8.83 Å². The minimum absolute atomic E-state index is 0.747. The SMILES string of the molecule is c1ccc2c(c1)oc1cc(N=Nc3ccc4c(c3)oc3ccccc34)ccc12. The molecule has 4 heteroatoms. The number of benzene rings is 4. The van der Waals surface area contributed by atoms with Gasteiger partial charge in [-0.05, 0) is 36.4 Å². The van der Waals surface area contributed by atoms with Crippen LogP contribution in [-0.4, -0.2) is 0 Å². The number of nitrogens with zero attached hydrogens (tertiary/aromatic N) is 2. The smallest absolute Gasteiger partial charge is 0.137 e. The average Bonchev–Trinajstić information content (AvgIpc) is 3.29. The molecule has 132 valence electrons. The van der Waals surface area contributed by atoms with Crippen molar-refractivity contribution in [3.8, 4) is 0 Å². The lowest BCUT2D eigenvalue weighted by Gasteiger charge is -1.95. The average molecular weight is 362 g/mol. The first-order valence-electron chi connectivity index (χ1n) is 9.09. The largest absolute Gasteiger partial charge is 0.456 e. The summed E-state index contributed by atoms with van der Waals surface area (Å²) in [5.74, 6) is 0. The van der Waals surface area contributed by atoms with Gasteiger partial charge in [-0.1, -0.05) is 36.4 Å². The van der Waals surface area contributed by atoms with Crippen molar-refractivity contribution in [3.05, 3.63) is 84.9 Å². The van der Waals surface area contributed by atoms with E-state index in [1.165, 1.54) is 0 Å². The van der Waals surface area contributed by atoms with Gasteiger partial charge in [0.2, 0.25) is 0 Å². The fraction of sp³-hybridized carbons (Fsp3) is 0. The summed E-state index contributed by atoms with van der Waals surface area (Å²) < 4.78 is 11.8. The highest BCUT2D eigenvalue weighted by Gasteiger charge is 2.08. The van der Waals surface area contributed by atoms with Gasteiger partial charge < -0.3 is 8.83 Å². The molecule has 0 bridgehead atoms. The van der Waals surface area contributed by atoms with E-state index in [2.05, 4.69) is 22.4 Å². The van der Waals surface area contributed by atoms with Crippen LogP contribution in [0.2, 0.25) is 0 Å². The van der Waals surface area contributed by atoms with Gasteiger partial charge in [-0.2, -0.15) is 10.2 Å². The number of furan rings is 2. The summed E-state index contributed by atoms with van der Waals surface area (Å²) in [6, 6.07) is 27.8. The Morgan fingerprint density at radius 3 is 1.36 bits per heavy atom. The Bertz CT molecular complexity index is 1410. The van der Waals surface area contributed by atoms with Gasteiger partial charge in [0.1, 0.15) is 22.3 Å². The number of azo groups is 1. The Balaban J connectivity index is 1.39. The summed E-state index contributed by atoms with van der Waals surface area (Å²) in [7, 11) is 0. The molecule has 0 atom stereocenters. The summed E-state index contributed by atoms with van der Waals surface area (Å²) >= 11 is 0. The maximum Gasteiger partial charge on any atom is 0.137 e. The Morgan fingerprint density at radius 2 is 0.857 bits per heavy atom. The molecule has 0 amide bonds. The summed E-state index contributed by atoms with van der Waals surface area (Å²) in [5, 5.41) is 13.1. The fourth-order valence-electron chi connectivity index (χ4n) is 3.67. The van der Waals surface area contributed by atoms with Crippen LogP contribution < -0.4 is 0 Å². The zero-order valence-electron chi connectivity index (χ0n) is 14.8. The molecule has 2 aromatic heterocycles. The van der Waals surface area contributed by atoms with Crippen molar-refractivity contribution in [1.29, 1.82) is 0 Å². The van der Waals surface area contributed by atoms with Crippen LogP contribution in [0.1, 0.15) is 0 Å². The van der Waals surface area contributed by atoms with E-state index in [0.29, 0.717) is 0 Å². The van der Waals surface area contributed by atoms with E-state index in [0.717, 1.165) is 55.3 Å². The van der Waals surface area contributed by atoms with Gasteiger partial charge in [-0.25, -0.2) is 0 Å². The van der Waals surface area contributed by atoms with Gasteiger partial charge in [0, 0.05) is 33.7 Å². The predicted molar refractivity (Wildman–Crippen MR) is 112 cm³/mol. The molecule has 0 saturated carbocycles. The molecule has 6 rings (SSSR count). The lowest BCUT2D eigenvalue weighted by molar-refractivity contribution is 0.668. The van der Waals surface area contributed by atoms with Crippen LogP contribution in [0.25, 0.3) is 43.9 Å². The van der Waals surface area contributed by atoms with E-state index in [9.17, 15) is 0 Å². The Labute approximate surface area is 159 Å². The number of hydrogen-bond acceptors (Lipinski definition) is 4. The van der Waals surface area contributed by atoms with Gasteiger partial charge in [0.05, 0.1) is 11.4 Å². The highest BCUT2D eigenvalue weighted by Crippen LogP contribution is 2.33. The molecule has 2 heterocycles. The maximum absolute atomic E-state index is 5.92. The predicted octanol–water partition coefficient (Wildman–Crippen LogP) is 7.90. The van der Waals surface area contributed by atoms with E-state index >= 15 is 0 Å². The summed E-state index contributed by atoms with van der Waals surface area (Å²) in [6.45, 7) is 0. The van der Waals surface area contributed by atoms with Crippen LogP contribution in [-0.2, 0) is 0 Å². The lowest BCUT2D eigenvalue weighted by Crippen LogP contribution is -1.68.